The van der Waals surface area contributed by atoms with Gasteiger partial charge >= 0.3 is 0 Å². The second-order valence-corrected chi connectivity index (χ2v) is 8.29. The first-order valence-electron chi connectivity index (χ1n) is 10.1. The minimum Gasteiger partial charge on any atom is -0.343 e. The first-order valence-corrected chi connectivity index (χ1v) is 10.1. The van der Waals surface area contributed by atoms with Crippen LogP contribution in [0, 0.1) is 11.8 Å². The lowest BCUT2D eigenvalue weighted by molar-refractivity contribution is -0.133. The van der Waals surface area contributed by atoms with Crippen LogP contribution in [0.5, 0.6) is 0 Å². The van der Waals surface area contributed by atoms with Crippen LogP contribution in [0.4, 0.5) is 0 Å². The van der Waals surface area contributed by atoms with Gasteiger partial charge in [-0.1, -0.05) is 19.8 Å². The van der Waals surface area contributed by atoms with Gasteiger partial charge in [-0.3, -0.25) is 4.79 Å². The maximum atomic E-state index is 12.7. The monoisotopic (exact) mass is 381 g/mol. The van der Waals surface area contributed by atoms with E-state index in [4.69, 9.17) is 0 Å². The van der Waals surface area contributed by atoms with Crippen molar-refractivity contribution in [2.45, 2.75) is 70.9 Å². The lowest BCUT2D eigenvalue weighted by atomic mass is 9.81. The molecule has 0 atom stereocenters. The van der Waals surface area contributed by atoms with Gasteiger partial charge in [-0.15, -0.1) is 22.6 Å². The highest BCUT2D eigenvalue weighted by molar-refractivity contribution is 5.85. The molecule has 1 saturated carbocycles. The number of carbonyl (C=O) groups excluding carboxylic acids is 1. The van der Waals surface area contributed by atoms with Crippen LogP contribution in [-0.4, -0.2) is 45.2 Å². The zero-order chi connectivity index (χ0) is 17.2. The molecule has 1 N–H and O–H groups in total. The maximum Gasteiger partial charge on any atom is 0.222 e. The number of hydrogen-bond donors (Lipinski definition) is 1. The number of nitrogens with one attached hydrogen (secondary N) is 1. The highest BCUT2D eigenvalue weighted by atomic mass is 35.5. The number of likely N-dealkylation sites (tertiary alicyclic amines) is 1. The molecular weight excluding hydrogens is 350 g/mol. The average Bonchev–Trinajstić information content (AvgIpc) is 3.08. The maximum absolute atomic E-state index is 12.7. The molecule has 6 nitrogen and oxygen atoms in total. The predicted octanol–water partition coefficient (Wildman–Crippen LogP) is 2.73. The molecule has 1 saturated heterocycles. The third-order valence-corrected chi connectivity index (χ3v) is 6.46. The molecule has 7 heteroatoms. The van der Waals surface area contributed by atoms with Crippen molar-refractivity contribution in [2.75, 3.05) is 19.6 Å². The molecule has 2 aliphatic heterocycles. The second-order valence-electron chi connectivity index (χ2n) is 8.29. The van der Waals surface area contributed by atoms with E-state index in [0.717, 1.165) is 69.6 Å². The lowest BCUT2D eigenvalue weighted by Crippen LogP contribution is -2.39. The van der Waals surface area contributed by atoms with Crippen LogP contribution in [0.1, 0.15) is 69.4 Å². The van der Waals surface area contributed by atoms with E-state index >= 15 is 0 Å². The highest BCUT2D eigenvalue weighted by Crippen LogP contribution is 2.32. The minimum atomic E-state index is 0. The SMILES string of the molecule is CC1CCC(CC(=O)N2CCC(c3nnc4n3CCNC4)CC2)CC1.Cl. The highest BCUT2D eigenvalue weighted by Gasteiger charge is 2.30. The first-order chi connectivity index (χ1) is 12.2. The summed E-state index contributed by atoms with van der Waals surface area (Å²) in [5, 5.41) is 12.1. The van der Waals surface area contributed by atoms with Gasteiger partial charge in [-0.2, -0.15) is 0 Å². The molecule has 0 radical (unpaired) electrons. The summed E-state index contributed by atoms with van der Waals surface area (Å²) in [7, 11) is 0. The van der Waals surface area contributed by atoms with E-state index in [-0.39, 0.29) is 12.4 Å². The lowest BCUT2D eigenvalue weighted by Gasteiger charge is -2.34. The van der Waals surface area contributed by atoms with Gasteiger partial charge in [0.2, 0.25) is 5.91 Å². The number of halogens is 1. The van der Waals surface area contributed by atoms with Crippen LogP contribution in [-0.2, 0) is 17.9 Å². The van der Waals surface area contributed by atoms with Crippen molar-refractivity contribution in [3.8, 4) is 0 Å². The Hall–Kier alpha value is -1.14. The van der Waals surface area contributed by atoms with E-state index in [2.05, 4.69) is 31.9 Å². The molecule has 0 spiro atoms. The fourth-order valence-corrected chi connectivity index (χ4v) is 4.71. The Kier molecular flexibility index (Phi) is 6.56. The number of carbonyl (C=O) groups is 1. The van der Waals surface area contributed by atoms with Crippen molar-refractivity contribution in [3.05, 3.63) is 11.6 Å². The molecule has 0 bridgehead atoms. The molecule has 0 aromatic carbocycles. The Labute approximate surface area is 162 Å². The summed E-state index contributed by atoms with van der Waals surface area (Å²) in [5.41, 5.74) is 0. The molecule has 146 valence electrons. The summed E-state index contributed by atoms with van der Waals surface area (Å²) in [6.07, 6.45) is 7.90. The van der Waals surface area contributed by atoms with Crippen molar-refractivity contribution in [3.63, 3.8) is 0 Å². The second kappa shape index (κ2) is 8.70. The van der Waals surface area contributed by atoms with Gasteiger partial charge in [0.1, 0.15) is 11.6 Å². The number of fused-ring (bicyclic) bond motifs is 1. The molecular formula is C19H32ClN5O. The van der Waals surface area contributed by atoms with Crippen LogP contribution in [0.15, 0.2) is 0 Å². The van der Waals surface area contributed by atoms with Gasteiger partial charge in [0, 0.05) is 38.5 Å². The van der Waals surface area contributed by atoms with Crippen molar-refractivity contribution in [1.82, 2.24) is 25.0 Å². The average molecular weight is 382 g/mol. The Morgan fingerprint density at radius 2 is 1.81 bits per heavy atom. The number of rotatable bonds is 3. The molecule has 0 unspecified atom stereocenters. The van der Waals surface area contributed by atoms with E-state index in [9.17, 15) is 4.79 Å². The normalized spacial score (nSPS) is 26.9. The van der Waals surface area contributed by atoms with Gasteiger partial charge in [-0.25, -0.2) is 0 Å². The van der Waals surface area contributed by atoms with Crippen LogP contribution in [0.25, 0.3) is 0 Å². The Morgan fingerprint density at radius 3 is 2.54 bits per heavy atom. The molecule has 1 aliphatic carbocycles. The van der Waals surface area contributed by atoms with Gasteiger partial charge in [0.05, 0.1) is 6.54 Å². The third kappa shape index (κ3) is 4.22. The van der Waals surface area contributed by atoms with E-state index in [1.165, 1.54) is 25.7 Å². The molecule has 1 aromatic rings. The Bertz CT molecular complexity index is 603. The largest absolute Gasteiger partial charge is 0.343 e. The molecule has 1 aromatic heterocycles. The molecule has 26 heavy (non-hydrogen) atoms. The minimum absolute atomic E-state index is 0. The summed E-state index contributed by atoms with van der Waals surface area (Å²) in [4.78, 5) is 14.8. The summed E-state index contributed by atoms with van der Waals surface area (Å²) < 4.78 is 2.29. The van der Waals surface area contributed by atoms with E-state index < -0.39 is 0 Å². The molecule has 1 amide bonds. The van der Waals surface area contributed by atoms with Gasteiger partial charge < -0.3 is 14.8 Å². The number of amides is 1. The number of aromatic nitrogens is 3. The van der Waals surface area contributed by atoms with Gasteiger partial charge in [0.25, 0.3) is 0 Å². The zero-order valence-electron chi connectivity index (χ0n) is 15.8. The van der Waals surface area contributed by atoms with Crippen molar-refractivity contribution >= 4 is 18.3 Å². The van der Waals surface area contributed by atoms with Crippen LogP contribution < -0.4 is 5.32 Å². The predicted molar refractivity (Wildman–Crippen MR) is 103 cm³/mol. The Morgan fingerprint density at radius 1 is 1.08 bits per heavy atom. The number of hydrogen-bond acceptors (Lipinski definition) is 4. The van der Waals surface area contributed by atoms with Gasteiger partial charge in [0.15, 0.2) is 0 Å². The zero-order valence-corrected chi connectivity index (χ0v) is 16.6. The van der Waals surface area contributed by atoms with Gasteiger partial charge in [-0.05, 0) is 37.5 Å². The first kappa shape index (κ1) is 19.6. The van der Waals surface area contributed by atoms with E-state index in [1.54, 1.807) is 0 Å². The van der Waals surface area contributed by atoms with E-state index in [0.29, 0.717) is 17.7 Å². The molecule has 3 heterocycles. The fraction of sp³-hybridized carbons (Fsp3) is 0.842. The topological polar surface area (TPSA) is 63.1 Å². The third-order valence-electron chi connectivity index (χ3n) is 6.46. The van der Waals surface area contributed by atoms with Crippen LogP contribution in [0.2, 0.25) is 0 Å². The van der Waals surface area contributed by atoms with Crippen LogP contribution >= 0.6 is 12.4 Å². The molecule has 3 aliphatic rings. The summed E-state index contributed by atoms with van der Waals surface area (Å²) in [6, 6.07) is 0. The standard InChI is InChI=1S/C19H31N5O.ClH/c1-14-2-4-15(5-3-14)12-18(25)23-9-6-16(7-10-23)19-22-21-17-13-20-8-11-24(17)19;/h14-16,20H,2-13H2,1H3;1H. The smallest absolute Gasteiger partial charge is 0.222 e. The van der Waals surface area contributed by atoms with Crippen molar-refractivity contribution < 1.29 is 4.79 Å². The van der Waals surface area contributed by atoms with Crippen LogP contribution in [0.3, 0.4) is 0 Å². The number of nitrogens with zero attached hydrogens (tertiary/aromatic N) is 4. The van der Waals surface area contributed by atoms with E-state index in [1.807, 2.05) is 0 Å². The summed E-state index contributed by atoms with van der Waals surface area (Å²) >= 11 is 0. The number of piperidine rings is 1. The van der Waals surface area contributed by atoms with Crippen molar-refractivity contribution in [2.24, 2.45) is 11.8 Å². The summed E-state index contributed by atoms with van der Waals surface area (Å²) in [5.74, 6) is 4.52. The quantitative estimate of drug-likeness (QED) is 0.874. The summed E-state index contributed by atoms with van der Waals surface area (Å²) in [6.45, 7) is 6.89. The fourth-order valence-electron chi connectivity index (χ4n) is 4.71. The molecule has 4 rings (SSSR count). The Balaban J connectivity index is 0.00000196. The molecule has 2 fully saturated rings. The van der Waals surface area contributed by atoms with Crippen molar-refractivity contribution in [1.29, 1.82) is 0 Å².